The molecule has 1 fully saturated rings. The standard InChI is InChI=1S/C29H21BrClNO4S/c1-35-25-14-19(13-24(30)27(25)36-17-18-9-11-22(31)12-10-18)15-26-28(33)32(29(34)37-26)16-21-7-4-6-20-5-2-3-8-23(20)21/h2-15H,16-17H2,1H3/b26-15+. The minimum absolute atomic E-state index is 0.216. The number of benzene rings is 4. The van der Waals surface area contributed by atoms with Crippen molar-refractivity contribution in [2.45, 2.75) is 13.2 Å². The second-order valence-corrected chi connectivity index (χ2v) is 10.6. The number of fused-ring (bicyclic) bond motifs is 1. The molecule has 5 rings (SSSR count). The predicted molar refractivity (Wildman–Crippen MR) is 152 cm³/mol. The van der Waals surface area contributed by atoms with Crippen LogP contribution in [0.2, 0.25) is 5.02 Å². The van der Waals surface area contributed by atoms with Gasteiger partial charge in [0.15, 0.2) is 11.5 Å². The van der Waals surface area contributed by atoms with Crippen molar-refractivity contribution in [3.05, 3.63) is 110 Å². The van der Waals surface area contributed by atoms with E-state index < -0.39 is 0 Å². The Hall–Kier alpha value is -3.26. The van der Waals surface area contributed by atoms with Crippen LogP contribution in [0.3, 0.4) is 0 Å². The molecule has 1 saturated heterocycles. The van der Waals surface area contributed by atoms with Crippen molar-refractivity contribution >= 4 is 67.3 Å². The van der Waals surface area contributed by atoms with Gasteiger partial charge in [0.05, 0.1) is 23.0 Å². The zero-order valence-electron chi connectivity index (χ0n) is 19.7. The van der Waals surface area contributed by atoms with Crippen LogP contribution in [0, 0.1) is 0 Å². The number of methoxy groups -OCH3 is 1. The van der Waals surface area contributed by atoms with Crippen molar-refractivity contribution < 1.29 is 19.1 Å². The van der Waals surface area contributed by atoms with Gasteiger partial charge >= 0.3 is 0 Å². The highest BCUT2D eigenvalue weighted by Crippen LogP contribution is 2.40. The maximum Gasteiger partial charge on any atom is 0.293 e. The fourth-order valence-corrected chi connectivity index (χ4v) is 5.63. The first-order valence-corrected chi connectivity index (χ1v) is 13.4. The first-order valence-electron chi connectivity index (χ1n) is 11.4. The lowest BCUT2D eigenvalue weighted by Crippen LogP contribution is -2.27. The molecule has 4 aromatic rings. The maximum atomic E-state index is 13.2. The second kappa shape index (κ2) is 11.0. The van der Waals surface area contributed by atoms with E-state index in [1.54, 1.807) is 19.3 Å². The van der Waals surface area contributed by atoms with Gasteiger partial charge < -0.3 is 9.47 Å². The van der Waals surface area contributed by atoms with Gasteiger partial charge in [-0.1, -0.05) is 66.2 Å². The molecule has 8 heteroatoms. The molecule has 0 spiro atoms. The van der Waals surface area contributed by atoms with Crippen molar-refractivity contribution in [3.63, 3.8) is 0 Å². The van der Waals surface area contributed by atoms with E-state index in [0.717, 1.165) is 33.7 Å². The molecule has 186 valence electrons. The summed E-state index contributed by atoms with van der Waals surface area (Å²) in [6, 6.07) is 24.8. The Morgan fingerprint density at radius 2 is 1.76 bits per heavy atom. The minimum Gasteiger partial charge on any atom is -0.493 e. The van der Waals surface area contributed by atoms with Gasteiger partial charge in [0.25, 0.3) is 11.1 Å². The van der Waals surface area contributed by atoms with Gasteiger partial charge in [-0.2, -0.15) is 0 Å². The molecule has 4 aromatic carbocycles. The molecule has 37 heavy (non-hydrogen) atoms. The lowest BCUT2D eigenvalue weighted by Gasteiger charge is -2.15. The van der Waals surface area contributed by atoms with E-state index in [4.69, 9.17) is 21.1 Å². The third kappa shape index (κ3) is 5.54. The highest BCUT2D eigenvalue weighted by Gasteiger charge is 2.35. The average molecular weight is 595 g/mol. The third-order valence-electron chi connectivity index (χ3n) is 5.93. The van der Waals surface area contributed by atoms with Gasteiger partial charge in [-0.05, 0) is 85.5 Å². The number of nitrogens with zero attached hydrogens (tertiary/aromatic N) is 1. The number of hydrogen-bond donors (Lipinski definition) is 0. The second-order valence-electron chi connectivity index (χ2n) is 8.36. The smallest absolute Gasteiger partial charge is 0.293 e. The molecular formula is C29H21BrClNO4S. The Balaban J connectivity index is 1.36. The maximum absolute atomic E-state index is 13.2. The molecule has 2 amide bonds. The van der Waals surface area contributed by atoms with Crippen LogP contribution in [0.4, 0.5) is 4.79 Å². The number of ether oxygens (including phenoxy) is 2. The lowest BCUT2D eigenvalue weighted by atomic mass is 10.0. The molecule has 0 aromatic heterocycles. The quantitative estimate of drug-likeness (QED) is 0.203. The Morgan fingerprint density at radius 1 is 1.00 bits per heavy atom. The number of carbonyl (C=O) groups is 2. The molecular weight excluding hydrogens is 574 g/mol. The Kier molecular flexibility index (Phi) is 7.55. The van der Waals surface area contributed by atoms with Crippen LogP contribution in [0.1, 0.15) is 16.7 Å². The summed E-state index contributed by atoms with van der Waals surface area (Å²) in [5, 5.41) is 2.46. The van der Waals surface area contributed by atoms with Crippen LogP contribution in [0.15, 0.2) is 88.2 Å². The number of hydrogen-bond acceptors (Lipinski definition) is 5. The van der Waals surface area contributed by atoms with Crippen LogP contribution in [0.25, 0.3) is 16.8 Å². The van der Waals surface area contributed by atoms with E-state index >= 15 is 0 Å². The van der Waals surface area contributed by atoms with Crippen LogP contribution >= 0.6 is 39.3 Å². The fourth-order valence-electron chi connectivity index (χ4n) is 4.09. The van der Waals surface area contributed by atoms with Gasteiger partial charge in [0, 0.05) is 5.02 Å². The van der Waals surface area contributed by atoms with Crippen LogP contribution in [0.5, 0.6) is 11.5 Å². The number of halogens is 2. The first kappa shape index (κ1) is 25.4. The number of amides is 2. The molecule has 0 bridgehead atoms. The number of imide groups is 1. The first-order chi connectivity index (χ1) is 17.9. The van der Waals surface area contributed by atoms with E-state index in [-0.39, 0.29) is 17.7 Å². The van der Waals surface area contributed by atoms with Crippen molar-refractivity contribution in [1.82, 2.24) is 4.90 Å². The van der Waals surface area contributed by atoms with E-state index in [1.165, 1.54) is 4.90 Å². The van der Waals surface area contributed by atoms with Crippen molar-refractivity contribution in [3.8, 4) is 11.5 Å². The summed E-state index contributed by atoms with van der Waals surface area (Å²) < 4.78 is 12.2. The Labute approximate surface area is 232 Å². The van der Waals surface area contributed by atoms with Crippen molar-refractivity contribution in [1.29, 1.82) is 0 Å². The topological polar surface area (TPSA) is 55.8 Å². The van der Waals surface area contributed by atoms with Crippen molar-refractivity contribution in [2.24, 2.45) is 0 Å². The Bertz CT molecular complexity index is 1530. The SMILES string of the molecule is COc1cc(/C=C2/SC(=O)N(Cc3cccc4ccccc34)C2=O)cc(Br)c1OCc1ccc(Cl)cc1. The zero-order valence-corrected chi connectivity index (χ0v) is 22.9. The monoisotopic (exact) mass is 593 g/mol. The average Bonchev–Trinajstić information content (AvgIpc) is 3.16. The molecule has 0 atom stereocenters. The van der Waals surface area contributed by atoms with Crippen LogP contribution in [-0.4, -0.2) is 23.2 Å². The summed E-state index contributed by atoms with van der Waals surface area (Å²) in [7, 11) is 1.55. The van der Waals surface area contributed by atoms with Crippen LogP contribution < -0.4 is 9.47 Å². The number of rotatable bonds is 7. The molecule has 1 aliphatic heterocycles. The zero-order chi connectivity index (χ0) is 25.9. The molecule has 0 unspecified atom stereocenters. The largest absolute Gasteiger partial charge is 0.493 e. The summed E-state index contributed by atoms with van der Waals surface area (Å²) in [6.07, 6.45) is 1.70. The van der Waals surface area contributed by atoms with Crippen LogP contribution in [-0.2, 0) is 17.9 Å². The molecule has 0 aliphatic carbocycles. The predicted octanol–water partition coefficient (Wildman–Crippen LogP) is 8.08. The minimum atomic E-state index is -0.318. The summed E-state index contributed by atoms with van der Waals surface area (Å²) >= 11 is 10.4. The number of thioether (sulfide) groups is 1. The van der Waals surface area contributed by atoms with Gasteiger partial charge in [-0.25, -0.2) is 0 Å². The molecule has 1 aliphatic rings. The van der Waals surface area contributed by atoms with E-state index in [0.29, 0.717) is 38.1 Å². The molecule has 1 heterocycles. The van der Waals surface area contributed by atoms with Gasteiger partial charge in [0.2, 0.25) is 0 Å². The van der Waals surface area contributed by atoms with Gasteiger partial charge in [0.1, 0.15) is 6.61 Å². The van der Waals surface area contributed by atoms with E-state index in [1.807, 2.05) is 72.8 Å². The molecule has 5 nitrogen and oxygen atoms in total. The number of carbonyl (C=O) groups excluding carboxylic acids is 2. The summed E-state index contributed by atoms with van der Waals surface area (Å²) in [5.41, 5.74) is 2.59. The highest BCUT2D eigenvalue weighted by molar-refractivity contribution is 9.10. The third-order valence-corrected chi connectivity index (χ3v) is 7.68. The summed E-state index contributed by atoms with van der Waals surface area (Å²) in [5.74, 6) is 0.726. The van der Waals surface area contributed by atoms with Gasteiger partial charge in [-0.3, -0.25) is 14.5 Å². The lowest BCUT2D eigenvalue weighted by molar-refractivity contribution is -0.123. The molecule has 0 N–H and O–H groups in total. The van der Waals surface area contributed by atoms with Gasteiger partial charge in [-0.15, -0.1) is 0 Å². The normalized spacial score (nSPS) is 14.6. The van der Waals surface area contributed by atoms with Crippen molar-refractivity contribution in [2.75, 3.05) is 7.11 Å². The fraction of sp³-hybridized carbons (Fsp3) is 0.103. The summed E-state index contributed by atoms with van der Waals surface area (Å²) in [6.45, 7) is 0.548. The van der Waals surface area contributed by atoms with E-state index in [2.05, 4.69) is 15.9 Å². The summed E-state index contributed by atoms with van der Waals surface area (Å²) in [4.78, 5) is 27.6. The molecule has 0 radical (unpaired) electrons. The highest BCUT2D eigenvalue weighted by atomic mass is 79.9. The van der Waals surface area contributed by atoms with E-state index in [9.17, 15) is 9.59 Å². The molecule has 0 saturated carbocycles. The Morgan fingerprint density at radius 3 is 2.54 bits per heavy atom.